The second kappa shape index (κ2) is 5.53. The highest BCUT2D eigenvalue weighted by molar-refractivity contribution is 4.90. The van der Waals surface area contributed by atoms with Crippen LogP contribution >= 0.6 is 0 Å². The van der Waals surface area contributed by atoms with Crippen molar-refractivity contribution >= 4 is 0 Å². The first-order valence-electron chi connectivity index (χ1n) is 7.80. The number of aliphatic hydroxyl groups is 1. The molecule has 0 saturated heterocycles. The minimum Gasteiger partial charge on any atom is -0.390 e. The molecule has 0 aromatic rings. The fourth-order valence-electron chi connectivity index (χ4n) is 3.08. The number of hydrogen-bond acceptors (Lipinski definition) is 1. The largest absolute Gasteiger partial charge is 0.390 e. The third-order valence-corrected chi connectivity index (χ3v) is 5.27. The highest BCUT2D eigenvalue weighted by atomic mass is 16.3. The summed E-state index contributed by atoms with van der Waals surface area (Å²) in [6.07, 6.45) is 7.80. The van der Waals surface area contributed by atoms with Gasteiger partial charge in [0.05, 0.1) is 5.60 Å². The van der Waals surface area contributed by atoms with E-state index in [1.807, 2.05) is 0 Å². The molecule has 0 spiro atoms. The minimum atomic E-state index is -0.367. The van der Waals surface area contributed by atoms with Gasteiger partial charge in [0.1, 0.15) is 0 Å². The standard InChI is InChI=1S/C17H34O/c1-7-16(5,6)14-8-10-17(18,11-9-14)13-12-15(2,3)4/h14,18H,7-13H2,1-6H3. The maximum atomic E-state index is 10.7. The van der Waals surface area contributed by atoms with Crippen LogP contribution in [-0.2, 0) is 0 Å². The van der Waals surface area contributed by atoms with E-state index >= 15 is 0 Å². The Morgan fingerprint density at radius 2 is 1.56 bits per heavy atom. The van der Waals surface area contributed by atoms with Gasteiger partial charge in [0, 0.05) is 0 Å². The molecule has 18 heavy (non-hydrogen) atoms. The molecule has 1 aliphatic rings. The van der Waals surface area contributed by atoms with Crippen LogP contribution in [0.5, 0.6) is 0 Å². The summed E-state index contributed by atoms with van der Waals surface area (Å²) in [6.45, 7) is 13.9. The van der Waals surface area contributed by atoms with Crippen LogP contribution in [0.2, 0.25) is 0 Å². The minimum absolute atomic E-state index is 0.343. The first kappa shape index (κ1) is 16.0. The molecule has 0 aliphatic heterocycles. The average Bonchev–Trinajstić information content (AvgIpc) is 2.26. The molecule has 0 atom stereocenters. The van der Waals surface area contributed by atoms with Gasteiger partial charge >= 0.3 is 0 Å². The molecule has 0 aromatic heterocycles. The van der Waals surface area contributed by atoms with Gasteiger partial charge in [-0.05, 0) is 55.3 Å². The summed E-state index contributed by atoms with van der Waals surface area (Å²) < 4.78 is 0. The number of rotatable bonds is 4. The van der Waals surface area contributed by atoms with Crippen LogP contribution < -0.4 is 0 Å². The molecule has 0 amide bonds. The Balaban J connectivity index is 2.47. The van der Waals surface area contributed by atoms with Crippen LogP contribution in [0.1, 0.15) is 86.5 Å². The van der Waals surface area contributed by atoms with Crippen molar-refractivity contribution in [2.24, 2.45) is 16.7 Å². The van der Waals surface area contributed by atoms with E-state index < -0.39 is 0 Å². The van der Waals surface area contributed by atoms with Crippen molar-refractivity contribution in [3.63, 3.8) is 0 Å². The number of hydrogen-bond donors (Lipinski definition) is 1. The fourth-order valence-corrected chi connectivity index (χ4v) is 3.08. The van der Waals surface area contributed by atoms with Crippen molar-refractivity contribution in [3.05, 3.63) is 0 Å². The van der Waals surface area contributed by atoms with Crippen molar-refractivity contribution < 1.29 is 5.11 Å². The molecule has 1 aliphatic carbocycles. The van der Waals surface area contributed by atoms with E-state index in [0.29, 0.717) is 10.8 Å². The molecule has 1 rings (SSSR count). The highest BCUT2D eigenvalue weighted by Crippen LogP contribution is 2.45. The molecule has 0 heterocycles. The van der Waals surface area contributed by atoms with Crippen LogP contribution in [0.4, 0.5) is 0 Å². The van der Waals surface area contributed by atoms with Crippen LogP contribution in [0.15, 0.2) is 0 Å². The van der Waals surface area contributed by atoms with Gasteiger partial charge in [0.2, 0.25) is 0 Å². The lowest BCUT2D eigenvalue weighted by Gasteiger charge is -2.43. The predicted molar refractivity (Wildman–Crippen MR) is 79.7 cm³/mol. The second-order valence-corrected chi connectivity index (χ2v) is 8.40. The molecule has 1 N–H and O–H groups in total. The highest BCUT2D eigenvalue weighted by Gasteiger charge is 2.38. The summed E-state index contributed by atoms with van der Waals surface area (Å²) >= 11 is 0. The van der Waals surface area contributed by atoms with Gasteiger partial charge in [-0.15, -0.1) is 0 Å². The van der Waals surface area contributed by atoms with Gasteiger partial charge < -0.3 is 5.11 Å². The van der Waals surface area contributed by atoms with Crippen LogP contribution in [0.3, 0.4) is 0 Å². The lowest BCUT2D eigenvalue weighted by atomic mass is 9.65. The van der Waals surface area contributed by atoms with Gasteiger partial charge in [-0.3, -0.25) is 0 Å². The molecule has 1 heteroatoms. The summed E-state index contributed by atoms with van der Waals surface area (Å²) in [4.78, 5) is 0. The van der Waals surface area contributed by atoms with E-state index in [2.05, 4.69) is 41.5 Å². The third kappa shape index (κ3) is 4.57. The quantitative estimate of drug-likeness (QED) is 0.733. The summed E-state index contributed by atoms with van der Waals surface area (Å²) in [7, 11) is 0. The van der Waals surface area contributed by atoms with E-state index in [1.54, 1.807) is 0 Å². The molecular weight excluding hydrogens is 220 g/mol. The van der Waals surface area contributed by atoms with E-state index in [9.17, 15) is 5.11 Å². The summed E-state index contributed by atoms with van der Waals surface area (Å²) in [5.74, 6) is 0.803. The average molecular weight is 254 g/mol. The van der Waals surface area contributed by atoms with E-state index in [-0.39, 0.29) is 5.60 Å². The zero-order valence-electron chi connectivity index (χ0n) is 13.5. The van der Waals surface area contributed by atoms with E-state index in [0.717, 1.165) is 31.6 Å². The smallest absolute Gasteiger partial charge is 0.0648 e. The Morgan fingerprint density at radius 3 is 1.94 bits per heavy atom. The molecule has 108 valence electrons. The van der Waals surface area contributed by atoms with Gasteiger partial charge in [-0.25, -0.2) is 0 Å². The van der Waals surface area contributed by atoms with Crippen molar-refractivity contribution in [2.75, 3.05) is 0 Å². The zero-order valence-corrected chi connectivity index (χ0v) is 13.5. The molecular formula is C17H34O. The topological polar surface area (TPSA) is 20.2 Å². The van der Waals surface area contributed by atoms with Crippen molar-refractivity contribution in [3.8, 4) is 0 Å². The first-order chi connectivity index (χ1) is 8.08. The van der Waals surface area contributed by atoms with Gasteiger partial charge in [0.25, 0.3) is 0 Å². The van der Waals surface area contributed by atoms with Crippen LogP contribution in [0, 0.1) is 16.7 Å². The van der Waals surface area contributed by atoms with Crippen LogP contribution in [-0.4, -0.2) is 10.7 Å². The normalized spacial score (nSPS) is 30.5. The van der Waals surface area contributed by atoms with E-state index in [1.165, 1.54) is 19.3 Å². The Bertz CT molecular complexity index is 251. The first-order valence-corrected chi connectivity index (χ1v) is 7.80. The third-order valence-electron chi connectivity index (χ3n) is 5.27. The van der Waals surface area contributed by atoms with Crippen molar-refractivity contribution in [2.45, 2.75) is 92.1 Å². The molecule has 0 aromatic carbocycles. The van der Waals surface area contributed by atoms with E-state index in [4.69, 9.17) is 0 Å². The zero-order chi connectivity index (χ0) is 14.0. The Kier molecular flexibility index (Phi) is 4.92. The summed E-state index contributed by atoms with van der Waals surface area (Å²) in [5.41, 5.74) is 0.425. The Morgan fingerprint density at radius 1 is 1.06 bits per heavy atom. The van der Waals surface area contributed by atoms with Crippen molar-refractivity contribution in [1.82, 2.24) is 0 Å². The molecule has 0 bridgehead atoms. The molecule has 1 fully saturated rings. The predicted octanol–water partition coefficient (Wildman–Crippen LogP) is 5.17. The molecule has 1 nitrogen and oxygen atoms in total. The van der Waals surface area contributed by atoms with Crippen LogP contribution in [0.25, 0.3) is 0 Å². The van der Waals surface area contributed by atoms with Gasteiger partial charge in [-0.1, -0.05) is 48.0 Å². The Labute approximate surface area is 114 Å². The molecule has 0 radical (unpaired) electrons. The second-order valence-electron chi connectivity index (χ2n) is 8.40. The lowest BCUT2D eigenvalue weighted by Crippen LogP contribution is -2.38. The monoisotopic (exact) mass is 254 g/mol. The SMILES string of the molecule is CCC(C)(C)C1CCC(O)(CCC(C)(C)C)CC1. The maximum Gasteiger partial charge on any atom is 0.0648 e. The fraction of sp³-hybridized carbons (Fsp3) is 1.00. The lowest BCUT2D eigenvalue weighted by molar-refractivity contribution is -0.0404. The maximum absolute atomic E-state index is 10.7. The van der Waals surface area contributed by atoms with Gasteiger partial charge in [0.15, 0.2) is 0 Å². The van der Waals surface area contributed by atoms with Gasteiger partial charge in [-0.2, -0.15) is 0 Å². The molecule has 1 saturated carbocycles. The van der Waals surface area contributed by atoms with Crippen molar-refractivity contribution in [1.29, 1.82) is 0 Å². The summed E-state index contributed by atoms with van der Waals surface area (Å²) in [5, 5.41) is 10.7. The summed E-state index contributed by atoms with van der Waals surface area (Å²) in [6, 6.07) is 0. The molecule has 0 unspecified atom stereocenters. The Hall–Kier alpha value is -0.0400.